The van der Waals surface area contributed by atoms with Crippen LogP contribution in [0.1, 0.15) is 37.1 Å². The van der Waals surface area contributed by atoms with E-state index in [1.807, 2.05) is 6.20 Å². The fourth-order valence-electron chi connectivity index (χ4n) is 4.43. The minimum Gasteiger partial charge on any atom is -0.342 e. The number of aromatic nitrogens is 2. The SMILES string of the molecule is C[C@@H]1CCN(C(=O)C2CC2(F)F)C[C@@H]1n1ccc2cnc3c(c21)C=CC3. The summed E-state index contributed by atoms with van der Waals surface area (Å²) in [4.78, 5) is 18.6. The third-order valence-corrected chi connectivity index (χ3v) is 6.18. The maximum Gasteiger partial charge on any atom is 0.260 e. The molecule has 1 amide bonds. The monoisotopic (exact) mass is 357 g/mol. The van der Waals surface area contributed by atoms with Gasteiger partial charge in [0.25, 0.3) is 5.92 Å². The first kappa shape index (κ1) is 16.0. The molecule has 0 radical (unpaired) electrons. The van der Waals surface area contributed by atoms with Crippen molar-refractivity contribution in [2.75, 3.05) is 13.1 Å². The second-order valence-corrected chi connectivity index (χ2v) is 7.89. The Kier molecular flexibility index (Phi) is 3.30. The molecule has 1 saturated carbocycles. The van der Waals surface area contributed by atoms with E-state index in [9.17, 15) is 13.6 Å². The molecule has 0 N–H and O–H groups in total. The van der Waals surface area contributed by atoms with Gasteiger partial charge in [0, 0.05) is 49.3 Å². The number of allylic oxidation sites excluding steroid dienone is 1. The average molecular weight is 357 g/mol. The Morgan fingerprint density at radius 3 is 2.96 bits per heavy atom. The van der Waals surface area contributed by atoms with Gasteiger partial charge in [-0.2, -0.15) is 0 Å². The van der Waals surface area contributed by atoms with Gasteiger partial charge >= 0.3 is 0 Å². The summed E-state index contributed by atoms with van der Waals surface area (Å²) in [6.07, 6.45) is 9.57. The normalized spacial score (nSPS) is 29.2. The van der Waals surface area contributed by atoms with Crippen LogP contribution >= 0.6 is 0 Å². The molecule has 5 rings (SSSR count). The molecule has 4 nitrogen and oxygen atoms in total. The zero-order valence-electron chi connectivity index (χ0n) is 14.7. The van der Waals surface area contributed by atoms with E-state index in [-0.39, 0.29) is 18.4 Å². The van der Waals surface area contributed by atoms with E-state index in [1.54, 1.807) is 4.90 Å². The quantitative estimate of drug-likeness (QED) is 0.822. The lowest BCUT2D eigenvalue weighted by Crippen LogP contribution is -2.45. The summed E-state index contributed by atoms with van der Waals surface area (Å²) in [5.74, 6) is -3.90. The van der Waals surface area contributed by atoms with Crippen molar-refractivity contribution >= 4 is 22.9 Å². The highest BCUT2D eigenvalue weighted by atomic mass is 19.3. The van der Waals surface area contributed by atoms with Crippen molar-refractivity contribution in [1.29, 1.82) is 0 Å². The third kappa shape index (κ3) is 2.31. The van der Waals surface area contributed by atoms with Crippen LogP contribution in [0.2, 0.25) is 0 Å². The van der Waals surface area contributed by atoms with Crippen molar-refractivity contribution < 1.29 is 13.6 Å². The van der Waals surface area contributed by atoms with Gasteiger partial charge in [-0.25, -0.2) is 8.78 Å². The number of hydrogen-bond donors (Lipinski definition) is 0. The van der Waals surface area contributed by atoms with E-state index in [4.69, 9.17) is 0 Å². The maximum absolute atomic E-state index is 13.3. The van der Waals surface area contributed by atoms with Gasteiger partial charge in [0.1, 0.15) is 5.92 Å². The fraction of sp³-hybridized carbons (Fsp3) is 0.500. The number of hydrogen-bond acceptors (Lipinski definition) is 2. The maximum atomic E-state index is 13.3. The molecule has 2 aromatic heterocycles. The first-order valence-corrected chi connectivity index (χ1v) is 9.27. The molecule has 3 heterocycles. The van der Waals surface area contributed by atoms with Crippen LogP contribution in [0.25, 0.3) is 17.0 Å². The molecule has 0 bridgehead atoms. The van der Waals surface area contributed by atoms with Crippen molar-refractivity contribution in [2.24, 2.45) is 11.8 Å². The molecule has 2 aromatic rings. The molecule has 2 fully saturated rings. The molecular formula is C20H21F2N3O. The Bertz CT molecular complexity index is 933. The molecule has 3 atom stereocenters. The highest BCUT2D eigenvalue weighted by Crippen LogP contribution is 2.50. The van der Waals surface area contributed by atoms with Crippen LogP contribution in [0, 0.1) is 11.8 Å². The zero-order valence-corrected chi connectivity index (χ0v) is 14.7. The van der Waals surface area contributed by atoms with Crippen LogP contribution in [0.3, 0.4) is 0 Å². The number of pyridine rings is 1. The van der Waals surface area contributed by atoms with Crippen LogP contribution in [0.4, 0.5) is 8.78 Å². The number of carbonyl (C=O) groups excluding carboxylic acids is 1. The number of rotatable bonds is 2. The Labute approximate surface area is 150 Å². The van der Waals surface area contributed by atoms with Crippen LogP contribution in [-0.4, -0.2) is 39.4 Å². The Morgan fingerprint density at radius 1 is 1.38 bits per heavy atom. The highest BCUT2D eigenvalue weighted by molar-refractivity contribution is 5.90. The standard InChI is InChI=1S/C20H21F2N3O/c1-12-5-7-24(19(26)15-9-20(15,21)22)11-17(12)25-8-6-13-10-23-16-4-2-3-14(16)18(13)25/h2-3,6,8,10,12,15,17H,4-5,7,9,11H2,1H3/t12-,15?,17+/m1/s1. The van der Waals surface area contributed by atoms with E-state index in [2.05, 4.69) is 40.9 Å². The average Bonchev–Trinajstić information content (AvgIpc) is 2.99. The van der Waals surface area contributed by atoms with Gasteiger partial charge in [0.2, 0.25) is 5.91 Å². The lowest BCUT2D eigenvalue weighted by atomic mass is 9.92. The molecule has 0 spiro atoms. The van der Waals surface area contributed by atoms with Crippen molar-refractivity contribution in [2.45, 2.75) is 38.2 Å². The number of nitrogens with zero attached hydrogens (tertiary/aromatic N) is 3. The van der Waals surface area contributed by atoms with Gasteiger partial charge in [-0.05, 0) is 18.4 Å². The molecule has 3 aliphatic rings. The second kappa shape index (κ2) is 5.38. The predicted octanol–water partition coefficient (Wildman–Crippen LogP) is 3.67. The van der Waals surface area contributed by atoms with Crippen LogP contribution < -0.4 is 0 Å². The molecule has 2 aliphatic carbocycles. The number of alkyl halides is 2. The first-order valence-electron chi connectivity index (χ1n) is 9.27. The minimum absolute atomic E-state index is 0.0954. The Hall–Kier alpha value is -2.24. The largest absolute Gasteiger partial charge is 0.342 e. The predicted molar refractivity (Wildman–Crippen MR) is 94.9 cm³/mol. The number of piperidine rings is 1. The lowest BCUT2D eigenvalue weighted by Gasteiger charge is -2.38. The van der Waals surface area contributed by atoms with Gasteiger partial charge in [0.05, 0.1) is 17.3 Å². The summed E-state index contributed by atoms with van der Waals surface area (Å²) < 4.78 is 28.9. The van der Waals surface area contributed by atoms with Crippen LogP contribution in [0.15, 0.2) is 24.5 Å². The Balaban J connectivity index is 1.49. The summed E-state index contributed by atoms with van der Waals surface area (Å²) >= 11 is 0. The number of fused-ring (bicyclic) bond motifs is 3. The van der Waals surface area contributed by atoms with Gasteiger partial charge in [-0.1, -0.05) is 19.1 Å². The minimum atomic E-state index is -2.80. The van der Waals surface area contributed by atoms with E-state index in [0.29, 0.717) is 19.0 Å². The van der Waals surface area contributed by atoms with Crippen LogP contribution in [-0.2, 0) is 11.2 Å². The highest BCUT2D eigenvalue weighted by Gasteiger charge is 2.62. The molecule has 1 saturated heterocycles. The molecular weight excluding hydrogens is 336 g/mol. The van der Waals surface area contributed by atoms with Gasteiger partial charge in [-0.15, -0.1) is 0 Å². The third-order valence-electron chi connectivity index (χ3n) is 6.18. The van der Waals surface area contributed by atoms with Crippen molar-refractivity contribution in [3.05, 3.63) is 35.8 Å². The molecule has 136 valence electrons. The smallest absolute Gasteiger partial charge is 0.260 e. The van der Waals surface area contributed by atoms with Crippen LogP contribution in [0.5, 0.6) is 0 Å². The van der Waals surface area contributed by atoms with E-state index < -0.39 is 11.8 Å². The van der Waals surface area contributed by atoms with E-state index in [1.165, 1.54) is 0 Å². The molecule has 0 aromatic carbocycles. The van der Waals surface area contributed by atoms with Gasteiger partial charge in [-0.3, -0.25) is 9.78 Å². The lowest BCUT2D eigenvalue weighted by molar-refractivity contribution is -0.137. The molecule has 6 heteroatoms. The molecule has 1 unspecified atom stereocenters. The summed E-state index contributed by atoms with van der Waals surface area (Å²) in [7, 11) is 0. The van der Waals surface area contributed by atoms with Crippen molar-refractivity contribution in [3.8, 4) is 0 Å². The fourth-order valence-corrected chi connectivity index (χ4v) is 4.43. The summed E-state index contributed by atoms with van der Waals surface area (Å²) in [5, 5.41) is 1.08. The van der Waals surface area contributed by atoms with Crippen molar-refractivity contribution in [3.63, 3.8) is 0 Å². The molecule has 1 aliphatic heterocycles. The van der Waals surface area contributed by atoms with Gasteiger partial charge in [0.15, 0.2) is 0 Å². The van der Waals surface area contributed by atoms with E-state index >= 15 is 0 Å². The number of halogens is 2. The summed E-state index contributed by atoms with van der Waals surface area (Å²) in [6.45, 7) is 3.25. The number of carbonyl (C=O) groups is 1. The number of amides is 1. The van der Waals surface area contributed by atoms with Gasteiger partial charge < -0.3 is 9.47 Å². The zero-order chi connectivity index (χ0) is 18.1. The first-order chi connectivity index (χ1) is 12.5. The second-order valence-electron chi connectivity index (χ2n) is 7.89. The summed E-state index contributed by atoms with van der Waals surface area (Å²) in [6, 6.07) is 2.15. The number of likely N-dealkylation sites (tertiary alicyclic amines) is 1. The van der Waals surface area contributed by atoms with Crippen molar-refractivity contribution in [1.82, 2.24) is 14.5 Å². The summed E-state index contributed by atoms with van der Waals surface area (Å²) in [5.41, 5.74) is 3.37. The molecule has 26 heavy (non-hydrogen) atoms. The Morgan fingerprint density at radius 2 is 2.19 bits per heavy atom. The van der Waals surface area contributed by atoms with E-state index in [0.717, 1.165) is 35.0 Å². The topological polar surface area (TPSA) is 38.1 Å².